The van der Waals surface area contributed by atoms with Gasteiger partial charge in [-0.05, 0) is 31.2 Å². The van der Waals surface area contributed by atoms with E-state index in [-0.39, 0.29) is 5.69 Å². The van der Waals surface area contributed by atoms with Crippen LogP contribution in [0.2, 0.25) is 0 Å². The minimum absolute atomic E-state index is 0.0995. The number of nitrogens with one attached hydrogen (secondary N) is 1. The van der Waals surface area contributed by atoms with Crippen LogP contribution in [0.5, 0.6) is 28.7 Å². The van der Waals surface area contributed by atoms with Gasteiger partial charge in [0.15, 0.2) is 29.1 Å². The SMILES string of the molecule is CCOc1cn(C2CN=C(Cl)C=N2)nc1C(=O)Nc1ccc(Oc2ccnc3cc(OC)c(OC)cc23)cn1. The minimum Gasteiger partial charge on any atom is -0.493 e. The van der Waals surface area contributed by atoms with Gasteiger partial charge in [0.05, 0.1) is 51.5 Å². The van der Waals surface area contributed by atoms with Crippen LogP contribution in [0, 0.1) is 0 Å². The topological polar surface area (TPSA) is 134 Å². The number of halogens is 1. The molecule has 0 aliphatic carbocycles. The number of carbonyl (C=O) groups is 1. The van der Waals surface area contributed by atoms with Crippen molar-refractivity contribution >= 4 is 45.6 Å². The summed E-state index contributed by atoms with van der Waals surface area (Å²) in [5.74, 6) is 2.29. The Bertz CT molecular complexity index is 1570. The van der Waals surface area contributed by atoms with Gasteiger partial charge in [0, 0.05) is 17.6 Å². The predicted octanol–water partition coefficient (Wildman–Crippen LogP) is 4.51. The van der Waals surface area contributed by atoms with Crippen molar-refractivity contribution in [1.82, 2.24) is 19.7 Å². The normalized spacial score (nSPS) is 14.6. The Morgan fingerprint density at radius 2 is 1.92 bits per heavy atom. The van der Waals surface area contributed by atoms with Crippen LogP contribution in [0.1, 0.15) is 23.6 Å². The molecule has 1 aromatic carbocycles. The molecule has 0 radical (unpaired) electrons. The summed E-state index contributed by atoms with van der Waals surface area (Å²) in [4.78, 5) is 30.2. The van der Waals surface area contributed by atoms with Gasteiger partial charge in [0.25, 0.3) is 5.91 Å². The Balaban J connectivity index is 1.32. The van der Waals surface area contributed by atoms with Crippen LogP contribution in [-0.4, -0.2) is 64.4 Å². The number of aliphatic imine (C=N–C) groups is 2. The maximum atomic E-state index is 13.0. The van der Waals surface area contributed by atoms with Gasteiger partial charge < -0.3 is 24.3 Å². The fraction of sp³-hybridized carbons (Fsp3) is 0.231. The average Bonchev–Trinajstić information content (AvgIpc) is 3.38. The van der Waals surface area contributed by atoms with E-state index >= 15 is 0 Å². The second-order valence-electron chi connectivity index (χ2n) is 8.15. The number of nitrogens with zero attached hydrogens (tertiary/aromatic N) is 6. The zero-order chi connectivity index (χ0) is 27.4. The monoisotopic (exact) mass is 549 g/mol. The van der Waals surface area contributed by atoms with Crippen LogP contribution < -0.4 is 24.3 Å². The first-order valence-electron chi connectivity index (χ1n) is 11.9. The molecule has 13 heteroatoms. The van der Waals surface area contributed by atoms with Gasteiger partial charge in [0.2, 0.25) is 0 Å². The highest BCUT2D eigenvalue weighted by atomic mass is 35.5. The predicted molar refractivity (Wildman–Crippen MR) is 146 cm³/mol. The van der Waals surface area contributed by atoms with Gasteiger partial charge in [-0.2, -0.15) is 5.10 Å². The van der Waals surface area contributed by atoms with Crippen LogP contribution in [-0.2, 0) is 0 Å². The van der Waals surface area contributed by atoms with Crippen LogP contribution in [0.25, 0.3) is 10.9 Å². The Kier molecular flexibility index (Phi) is 7.55. The third-order valence-electron chi connectivity index (χ3n) is 5.69. The smallest absolute Gasteiger partial charge is 0.281 e. The van der Waals surface area contributed by atoms with Crippen molar-refractivity contribution in [3.8, 4) is 28.7 Å². The summed E-state index contributed by atoms with van der Waals surface area (Å²) in [6.07, 6.45) is 5.79. The first kappa shape index (κ1) is 25.9. The van der Waals surface area contributed by atoms with Crippen molar-refractivity contribution in [1.29, 1.82) is 0 Å². The maximum Gasteiger partial charge on any atom is 0.281 e. The number of rotatable bonds is 9. The fourth-order valence-electron chi connectivity index (χ4n) is 3.86. The maximum absolute atomic E-state index is 13.0. The first-order valence-corrected chi connectivity index (χ1v) is 12.3. The van der Waals surface area contributed by atoms with Gasteiger partial charge in [0.1, 0.15) is 22.5 Å². The van der Waals surface area contributed by atoms with Crippen LogP contribution in [0.15, 0.2) is 58.9 Å². The first-order chi connectivity index (χ1) is 19.0. The largest absolute Gasteiger partial charge is 0.493 e. The number of benzene rings is 1. The second kappa shape index (κ2) is 11.4. The Hall–Kier alpha value is -4.71. The van der Waals surface area contributed by atoms with E-state index in [1.165, 1.54) is 17.1 Å². The number of anilines is 1. The van der Waals surface area contributed by atoms with E-state index in [0.29, 0.717) is 58.4 Å². The Morgan fingerprint density at radius 1 is 1.10 bits per heavy atom. The molecule has 4 heterocycles. The zero-order valence-corrected chi connectivity index (χ0v) is 22.0. The van der Waals surface area contributed by atoms with E-state index in [1.807, 2.05) is 6.92 Å². The van der Waals surface area contributed by atoms with Gasteiger partial charge in [-0.25, -0.2) is 9.67 Å². The molecule has 5 rings (SSSR count). The third kappa shape index (κ3) is 5.60. The van der Waals surface area contributed by atoms with Crippen LogP contribution in [0.4, 0.5) is 5.82 Å². The number of hydrogen-bond donors (Lipinski definition) is 1. The molecule has 1 atom stereocenters. The molecule has 200 valence electrons. The molecular formula is C26H24ClN7O5. The molecule has 1 aliphatic rings. The molecule has 0 spiro atoms. The van der Waals surface area contributed by atoms with Crippen molar-refractivity contribution in [2.24, 2.45) is 9.98 Å². The summed E-state index contributed by atoms with van der Waals surface area (Å²) >= 11 is 5.86. The summed E-state index contributed by atoms with van der Waals surface area (Å²) in [6.45, 7) is 2.48. The molecule has 1 unspecified atom stereocenters. The number of fused-ring (bicyclic) bond motifs is 1. The molecule has 3 aromatic heterocycles. The molecule has 0 fully saturated rings. The summed E-state index contributed by atoms with van der Waals surface area (Å²) < 4.78 is 24.0. The average molecular weight is 550 g/mol. The number of amides is 1. The standard InChI is InChI=1S/C26H24ClN7O5/c1-4-38-21-14-34(24-13-29-22(27)12-31-24)33-25(21)26(35)32-23-6-5-15(11-30-23)39-18-7-8-28-17-10-20(37-3)19(36-2)9-16(17)18/h5-12,14,24H,4,13H2,1-3H3,(H,30,32,35). The highest BCUT2D eigenvalue weighted by Crippen LogP contribution is 2.36. The number of carbonyl (C=O) groups excluding carboxylic acids is 1. The summed E-state index contributed by atoms with van der Waals surface area (Å²) in [5.41, 5.74) is 0.780. The summed E-state index contributed by atoms with van der Waals surface area (Å²) in [7, 11) is 3.13. The van der Waals surface area contributed by atoms with E-state index in [9.17, 15) is 4.79 Å². The fourth-order valence-corrected chi connectivity index (χ4v) is 3.98. The second-order valence-corrected chi connectivity index (χ2v) is 8.53. The number of pyridine rings is 2. The lowest BCUT2D eigenvalue weighted by atomic mass is 10.2. The quantitative estimate of drug-likeness (QED) is 0.322. The van der Waals surface area contributed by atoms with Crippen LogP contribution >= 0.6 is 11.6 Å². The summed E-state index contributed by atoms with van der Waals surface area (Å²) in [5, 5.41) is 8.17. The molecule has 1 N–H and O–H groups in total. The summed E-state index contributed by atoms with van der Waals surface area (Å²) in [6, 6.07) is 8.63. The van der Waals surface area contributed by atoms with Crippen molar-refractivity contribution in [3.05, 3.63) is 54.6 Å². The lowest BCUT2D eigenvalue weighted by molar-refractivity contribution is 0.101. The lowest BCUT2D eigenvalue weighted by Crippen LogP contribution is -2.18. The van der Waals surface area contributed by atoms with Gasteiger partial charge >= 0.3 is 0 Å². The van der Waals surface area contributed by atoms with Crippen molar-refractivity contribution in [3.63, 3.8) is 0 Å². The lowest BCUT2D eigenvalue weighted by Gasteiger charge is -2.13. The molecule has 1 amide bonds. The van der Waals surface area contributed by atoms with Crippen LogP contribution in [0.3, 0.4) is 0 Å². The van der Waals surface area contributed by atoms with Crippen molar-refractivity contribution in [2.75, 3.05) is 32.7 Å². The molecule has 4 aromatic rings. The van der Waals surface area contributed by atoms with E-state index < -0.39 is 12.1 Å². The molecule has 0 bridgehead atoms. The van der Waals surface area contributed by atoms with Crippen molar-refractivity contribution in [2.45, 2.75) is 13.1 Å². The minimum atomic E-state index is -0.485. The van der Waals surface area contributed by atoms with E-state index in [4.69, 9.17) is 30.5 Å². The molecular weight excluding hydrogens is 526 g/mol. The Labute approximate surface area is 228 Å². The number of aromatic nitrogens is 4. The van der Waals surface area contributed by atoms with Gasteiger partial charge in [-0.15, -0.1) is 0 Å². The van der Waals surface area contributed by atoms with Gasteiger partial charge in [-0.1, -0.05) is 11.6 Å². The molecule has 12 nitrogen and oxygen atoms in total. The third-order valence-corrected chi connectivity index (χ3v) is 5.91. The zero-order valence-electron chi connectivity index (χ0n) is 21.3. The van der Waals surface area contributed by atoms with E-state index in [0.717, 1.165) is 5.39 Å². The van der Waals surface area contributed by atoms with E-state index in [2.05, 4.69) is 30.4 Å². The molecule has 1 aliphatic heterocycles. The highest BCUT2D eigenvalue weighted by molar-refractivity contribution is 6.80. The van der Waals surface area contributed by atoms with E-state index in [1.54, 1.807) is 56.9 Å². The molecule has 0 saturated carbocycles. The Morgan fingerprint density at radius 3 is 2.62 bits per heavy atom. The molecule has 0 saturated heterocycles. The van der Waals surface area contributed by atoms with Gasteiger partial charge in [-0.3, -0.25) is 19.8 Å². The number of ether oxygens (including phenoxy) is 4. The van der Waals surface area contributed by atoms with Crippen molar-refractivity contribution < 1.29 is 23.7 Å². The highest BCUT2D eigenvalue weighted by Gasteiger charge is 2.23. The number of hydrogen-bond acceptors (Lipinski definition) is 10. The molecule has 39 heavy (non-hydrogen) atoms. The number of methoxy groups -OCH3 is 2.